The van der Waals surface area contributed by atoms with Crippen molar-refractivity contribution in [2.45, 2.75) is 112 Å². The highest BCUT2D eigenvalue weighted by molar-refractivity contribution is 4.66. The van der Waals surface area contributed by atoms with Gasteiger partial charge in [-0.05, 0) is 24.2 Å². The first-order valence-electron chi connectivity index (χ1n) is 9.61. The van der Waals surface area contributed by atoms with Gasteiger partial charge in [0.1, 0.15) is 0 Å². The lowest BCUT2D eigenvalue weighted by Gasteiger charge is -2.23. The number of rotatable bonds is 14. The molecule has 3 atom stereocenters. The fourth-order valence-corrected chi connectivity index (χ4v) is 3.25. The van der Waals surface area contributed by atoms with Gasteiger partial charge in [-0.2, -0.15) is 0 Å². The van der Waals surface area contributed by atoms with E-state index in [-0.39, 0.29) is 0 Å². The molecule has 0 aliphatic heterocycles. The molecule has 0 rings (SSSR count). The third-order valence-corrected chi connectivity index (χ3v) is 5.06. The van der Waals surface area contributed by atoms with Gasteiger partial charge in [-0.25, -0.2) is 0 Å². The van der Waals surface area contributed by atoms with Crippen molar-refractivity contribution >= 4 is 0 Å². The topological polar surface area (TPSA) is 0 Å². The van der Waals surface area contributed by atoms with E-state index in [9.17, 15) is 0 Å². The molecule has 0 aliphatic rings. The van der Waals surface area contributed by atoms with Crippen molar-refractivity contribution < 1.29 is 0 Å². The normalized spacial score (nSPS) is 16.1. The van der Waals surface area contributed by atoms with Crippen LogP contribution in [0.2, 0.25) is 0 Å². The molecule has 0 aliphatic carbocycles. The second-order valence-electron chi connectivity index (χ2n) is 7.35. The summed E-state index contributed by atoms with van der Waals surface area (Å²) in [6.07, 6.45) is 17.2. The summed E-state index contributed by atoms with van der Waals surface area (Å²) in [6.45, 7) is 12.0. The van der Waals surface area contributed by atoms with Gasteiger partial charge in [0.25, 0.3) is 0 Å². The second kappa shape index (κ2) is 14.0. The summed E-state index contributed by atoms with van der Waals surface area (Å²) in [5.74, 6) is 2.78. The molecule has 0 saturated heterocycles. The molecule has 20 heavy (non-hydrogen) atoms. The van der Waals surface area contributed by atoms with E-state index in [1.54, 1.807) is 0 Å². The van der Waals surface area contributed by atoms with Crippen LogP contribution in [0.4, 0.5) is 0 Å². The van der Waals surface area contributed by atoms with Crippen LogP contribution >= 0.6 is 0 Å². The molecule has 0 heteroatoms. The molecule has 3 unspecified atom stereocenters. The minimum absolute atomic E-state index is 0.918. The molecule has 0 radical (unpaired) electrons. The van der Waals surface area contributed by atoms with Gasteiger partial charge < -0.3 is 0 Å². The van der Waals surface area contributed by atoms with E-state index in [1.165, 1.54) is 77.0 Å². The standard InChI is InChI=1S/C20H42/c1-6-8-10-11-12-13-14-16-19(4)20(5)17-18(3)15-9-7-2/h18-20H,6-17H2,1-5H3. The third kappa shape index (κ3) is 11.8. The summed E-state index contributed by atoms with van der Waals surface area (Å²) < 4.78 is 0. The van der Waals surface area contributed by atoms with Crippen LogP contribution in [-0.4, -0.2) is 0 Å². The second-order valence-corrected chi connectivity index (χ2v) is 7.35. The van der Waals surface area contributed by atoms with Gasteiger partial charge in [0.15, 0.2) is 0 Å². The predicted octanol–water partition coefficient (Wildman–Crippen LogP) is 7.62. The van der Waals surface area contributed by atoms with Crippen LogP contribution < -0.4 is 0 Å². The average Bonchev–Trinajstić information content (AvgIpc) is 2.43. The first-order valence-corrected chi connectivity index (χ1v) is 9.61. The van der Waals surface area contributed by atoms with Gasteiger partial charge in [-0.1, -0.05) is 105 Å². The lowest BCUT2D eigenvalue weighted by atomic mass is 9.83. The minimum atomic E-state index is 0.918. The Bertz CT molecular complexity index is 184. The van der Waals surface area contributed by atoms with Crippen molar-refractivity contribution in [3.63, 3.8) is 0 Å². The largest absolute Gasteiger partial charge is 0.0654 e. The maximum absolute atomic E-state index is 2.48. The van der Waals surface area contributed by atoms with E-state index < -0.39 is 0 Å². The summed E-state index contributed by atoms with van der Waals surface area (Å²) in [5, 5.41) is 0. The summed E-state index contributed by atoms with van der Waals surface area (Å²) in [6, 6.07) is 0. The van der Waals surface area contributed by atoms with E-state index in [0.29, 0.717) is 0 Å². The van der Waals surface area contributed by atoms with Crippen LogP contribution in [-0.2, 0) is 0 Å². The number of hydrogen-bond acceptors (Lipinski definition) is 0. The van der Waals surface area contributed by atoms with Gasteiger partial charge in [0, 0.05) is 0 Å². The SMILES string of the molecule is CCCCCCCCCC(C)C(C)CC(C)CCCC. The van der Waals surface area contributed by atoms with Crippen molar-refractivity contribution in [3.05, 3.63) is 0 Å². The van der Waals surface area contributed by atoms with Gasteiger partial charge in [0.05, 0.1) is 0 Å². The molecule has 122 valence electrons. The van der Waals surface area contributed by atoms with Crippen molar-refractivity contribution in [1.82, 2.24) is 0 Å². The number of unbranched alkanes of at least 4 members (excludes halogenated alkanes) is 7. The summed E-state index contributed by atoms with van der Waals surface area (Å²) in [4.78, 5) is 0. The first-order chi connectivity index (χ1) is 9.61. The molecule has 0 N–H and O–H groups in total. The summed E-state index contributed by atoms with van der Waals surface area (Å²) in [5.41, 5.74) is 0. The van der Waals surface area contributed by atoms with E-state index in [1.807, 2.05) is 0 Å². The predicted molar refractivity (Wildman–Crippen MR) is 94.2 cm³/mol. The molecule has 0 bridgehead atoms. The van der Waals surface area contributed by atoms with Crippen LogP contribution in [0, 0.1) is 17.8 Å². The smallest absolute Gasteiger partial charge is 0.0414 e. The van der Waals surface area contributed by atoms with Crippen LogP contribution in [0.5, 0.6) is 0 Å². The van der Waals surface area contributed by atoms with Crippen molar-refractivity contribution in [2.75, 3.05) is 0 Å². The Morgan fingerprint density at radius 1 is 0.550 bits per heavy atom. The fourth-order valence-electron chi connectivity index (χ4n) is 3.25. The van der Waals surface area contributed by atoms with Crippen LogP contribution in [0.15, 0.2) is 0 Å². The van der Waals surface area contributed by atoms with Crippen LogP contribution in [0.3, 0.4) is 0 Å². The van der Waals surface area contributed by atoms with Gasteiger partial charge in [-0.3, -0.25) is 0 Å². The lowest BCUT2D eigenvalue weighted by Crippen LogP contribution is -2.12. The third-order valence-electron chi connectivity index (χ3n) is 5.06. The molecule has 0 aromatic carbocycles. The maximum atomic E-state index is 2.48. The minimum Gasteiger partial charge on any atom is -0.0654 e. The molecule has 0 amide bonds. The molecular weight excluding hydrogens is 240 g/mol. The Morgan fingerprint density at radius 3 is 1.70 bits per heavy atom. The molecule has 0 aromatic rings. The van der Waals surface area contributed by atoms with Crippen molar-refractivity contribution in [1.29, 1.82) is 0 Å². The van der Waals surface area contributed by atoms with Gasteiger partial charge >= 0.3 is 0 Å². The van der Waals surface area contributed by atoms with E-state index in [2.05, 4.69) is 34.6 Å². The van der Waals surface area contributed by atoms with Gasteiger partial charge in [-0.15, -0.1) is 0 Å². The highest BCUT2D eigenvalue weighted by atomic mass is 14.2. The highest BCUT2D eigenvalue weighted by Gasteiger charge is 2.15. The zero-order valence-corrected chi connectivity index (χ0v) is 15.2. The van der Waals surface area contributed by atoms with Crippen molar-refractivity contribution in [2.24, 2.45) is 17.8 Å². The van der Waals surface area contributed by atoms with Crippen LogP contribution in [0.1, 0.15) is 112 Å². The van der Waals surface area contributed by atoms with E-state index >= 15 is 0 Å². The summed E-state index contributed by atoms with van der Waals surface area (Å²) >= 11 is 0. The quantitative estimate of drug-likeness (QED) is 0.287. The Kier molecular flexibility index (Phi) is 14.0. The van der Waals surface area contributed by atoms with E-state index in [0.717, 1.165) is 17.8 Å². The van der Waals surface area contributed by atoms with Crippen LogP contribution in [0.25, 0.3) is 0 Å². The first kappa shape index (κ1) is 20.0. The molecule has 0 nitrogen and oxygen atoms in total. The molecule has 0 saturated carbocycles. The van der Waals surface area contributed by atoms with Gasteiger partial charge in [0.2, 0.25) is 0 Å². The lowest BCUT2D eigenvalue weighted by molar-refractivity contribution is 0.283. The zero-order valence-electron chi connectivity index (χ0n) is 15.2. The Balaban J connectivity index is 3.51. The molecule has 0 fully saturated rings. The molecule has 0 heterocycles. The number of hydrogen-bond donors (Lipinski definition) is 0. The van der Waals surface area contributed by atoms with E-state index in [4.69, 9.17) is 0 Å². The average molecular weight is 283 g/mol. The fraction of sp³-hybridized carbons (Fsp3) is 1.00. The summed E-state index contributed by atoms with van der Waals surface area (Å²) in [7, 11) is 0. The monoisotopic (exact) mass is 282 g/mol. The zero-order chi connectivity index (χ0) is 15.2. The molecular formula is C20H42. The maximum Gasteiger partial charge on any atom is -0.0414 e. The Hall–Kier alpha value is 0. The van der Waals surface area contributed by atoms with Crippen molar-refractivity contribution in [3.8, 4) is 0 Å². The Morgan fingerprint density at radius 2 is 1.10 bits per heavy atom. The Labute approximate surface area is 130 Å². The molecule has 0 spiro atoms. The highest BCUT2D eigenvalue weighted by Crippen LogP contribution is 2.26. The molecule has 0 aromatic heterocycles.